The number of aliphatic carboxylic acids is 1. The number of hydrogen-bond donors (Lipinski definition) is 1. The van der Waals surface area contributed by atoms with E-state index in [-0.39, 0.29) is 6.42 Å². The molecule has 16 heavy (non-hydrogen) atoms. The molecular weight excluding hydrogens is 228 g/mol. The van der Waals surface area contributed by atoms with Crippen molar-refractivity contribution in [1.82, 2.24) is 9.78 Å². The van der Waals surface area contributed by atoms with E-state index >= 15 is 0 Å². The van der Waals surface area contributed by atoms with Crippen LogP contribution in [0.3, 0.4) is 0 Å². The third-order valence-electron chi connectivity index (χ3n) is 2.55. The predicted octanol–water partition coefficient (Wildman–Crippen LogP) is 2.80. The third kappa shape index (κ3) is 3.52. The third-order valence-corrected chi connectivity index (χ3v) is 3.10. The summed E-state index contributed by atoms with van der Waals surface area (Å²) in [5.74, 6) is -0.728. The van der Waals surface area contributed by atoms with E-state index in [0.717, 1.165) is 42.2 Å². The number of carboxylic acids is 1. The summed E-state index contributed by atoms with van der Waals surface area (Å²) in [5.41, 5.74) is 1.84. The quantitative estimate of drug-likeness (QED) is 0.783. The highest BCUT2D eigenvalue weighted by Crippen LogP contribution is 2.19. The second kappa shape index (κ2) is 5.89. The number of aryl methyl sites for hydroxylation is 2. The molecule has 0 bridgehead atoms. The second-order valence-corrected chi connectivity index (χ2v) is 4.29. The molecule has 0 radical (unpaired) electrons. The van der Waals surface area contributed by atoms with Gasteiger partial charge in [0.15, 0.2) is 0 Å². The summed E-state index contributed by atoms with van der Waals surface area (Å²) in [6.45, 7) is 4.63. The van der Waals surface area contributed by atoms with E-state index in [4.69, 9.17) is 16.7 Å². The minimum atomic E-state index is -0.728. The lowest BCUT2D eigenvalue weighted by Crippen LogP contribution is -2.03. The number of rotatable bonds is 6. The fourth-order valence-electron chi connectivity index (χ4n) is 1.61. The van der Waals surface area contributed by atoms with E-state index in [9.17, 15) is 4.79 Å². The molecule has 0 fully saturated rings. The molecule has 0 aromatic carbocycles. The molecule has 1 N–H and O–H groups in total. The van der Waals surface area contributed by atoms with Crippen LogP contribution in [0.5, 0.6) is 0 Å². The molecule has 1 rings (SSSR count). The van der Waals surface area contributed by atoms with Gasteiger partial charge in [-0.2, -0.15) is 5.10 Å². The molecule has 1 heterocycles. The van der Waals surface area contributed by atoms with E-state index in [2.05, 4.69) is 5.10 Å². The van der Waals surface area contributed by atoms with Crippen LogP contribution in [0.25, 0.3) is 0 Å². The maximum absolute atomic E-state index is 10.3. The highest BCUT2D eigenvalue weighted by molar-refractivity contribution is 6.31. The van der Waals surface area contributed by atoms with Gasteiger partial charge >= 0.3 is 5.97 Å². The lowest BCUT2D eigenvalue weighted by Gasteiger charge is -2.03. The van der Waals surface area contributed by atoms with Crippen LogP contribution in [0.1, 0.15) is 37.1 Å². The van der Waals surface area contributed by atoms with Gasteiger partial charge in [0.25, 0.3) is 0 Å². The Morgan fingerprint density at radius 1 is 1.38 bits per heavy atom. The summed E-state index contributed by atoms with van der Waals surface area (Å²) in [5, 5.41) is 13.5. The zero-order valence-electron chi connectivity index (χ0n) is 9.66. The van der Waals surface area contributed by atoms with Crippen molar-refractivity contribution >= 4 is 17.6 Å². The molecule has 0 saturated heterocycles. The van der Waals surface area contributed by atoms with Gasteiger partial charge in [0.2, 0.25) is 0 Å². The summed E-state index contributed by atoms with van der Waals surface area (Å²) in [6, 6.07) is 0. The van der Waals surface area contributed by atoms with Gasteiger partial charge < -0.3 is 5.11 Å². The van der Waals surface area contributed by atoms with E-state index in [1.165, 1.54) is 0 Å². The number of carboxylic acid groups (broad SMARTS) is 1. The van der Waals surface area contributed by atoms with Gasteiger partial charge in [-0.15, -0.1) is 0 Å². The van der Waals surface area contributed by atoms with Crippen molar-refractivity contribution in [2.24, 2.45) is 0 Å². The highest BCUT2D eigenvalue weighted by atomic mass is 35.5. The maximum Gasteiger partial charge on any atom is 0.303 e. The summed E-state index contributed by atoms with van der Waals surface area (Å²) in [4.78, 5) is 10.3. The fourth-order valence-corrected chi connectivity index (χ4v) is 1.74. The van der Waals surface area contributed by atoms with Crippen molar-refractivity contribution in [3.8, 4) is 0 Å². The van der Waals surface area contributed by atoms with Crippen molar-refractivity contribution in [3.05, 3.63) is 16.4 Å². The molecule has 0 aliphatic rings. The van der Waals surface area contributed by atoms with Crippen LogP contribution in [0.2, 0.25) is 5.02 Å². The Hall–Kier alpha value is -1.03. The minimum absolute atomic E-state index is 0.248. The molecule has 0 aliphatic carbocycles. The standard InChI is InChI=1S/C11H17ClN2O2/c1-8-11(12)9(2)14(13-8)7-5-3-4-6-10(15)16/h3-7H2,1-2H3,(H,15,16). The first-order chi connectivity index (χ1) is 7.52. The minimum Gasteiger partial charge on any atom is -0.481 e. The summed E-state index contributed by atoms with van der Waals surface area (Å²) in [7, 11) is 0. The molecule has 0 amide bonds. The molecule has 0 aliphatic heterocycles. The normalized spacial score (nSPS) is 10.7. The van der Waals surface area contributed by atoms with Gasteiger partial charge in [0.05, 0.1) is 16.4 Å². The van der Waals surface area contributed by atoms with Crippen molar-refractivity contribution in [1.29, 1.82) is 0 Å². The van der Waals surface area contributed by atoms with E-state index in [1.54, 1.807) is 0 Å². The average molecular weight is 245 g/mol. The molecular formula is C11H17ClN2O2. The van der Waals surface area contributed by atoms with Crippen molar-refractivity contribution in [2.45, 2.75) is 46.1 Å². The lowest BCUT2D eigenvalue weighted by atomic mass is 10.2. The largest absolute Gasteiger partial charge is 0.481 e. The fraction of sp³-hybridized carbons (Fsp3) is 0.636. The van der Waals surface area contributed by atoms with Crippen molar-refractivity contribution in [2.75, 3.05) is 0 Å². The molecule has 4 nitrogen and oxygen atoms in total. The van der Waals surface area contributed by atoms with Crippen LogP contribution in [0.15, 0.2) is 0 Å². The summed E-state index contributed by atoms with van der Waals surface area (Å²) < 4.78 is 1.89. The van der Waals surface area contributed by atoms with Gasteiger partial charge in [0, 0.05) is 13.0 Å². The Morgan fingerprint density at radius 3 is 2.56 bits per heavy atom. The van der Waals surface area contributed by atoms with Crippen LogP contribution in [-0.2, 0) is 11.3 Å². The SMILES string of the molecule is Cc1nn(CCCCCC(=O)O)c(C)c1Cl. The molecule has 0 spiro atoms. The van der Waals surface area contributed by atoms with Crippen LogP contribution in [0, 0.1) is 13.8 Å². The van der Waals surface area contributed by atoms with Crippen molar-refractivity contribution < 1.29 is 9.90 Å². The number of carbonyl (C=O) groups is 1. The van der Waals surface area contributed by atoms with E-state index < -0.39 is 5.97 Å². The lowest BCUT2D eigenvalue weighted by molar-refractivity contribution is -0.137. The molecule has 0 atom stereocenters. The summed E-state index contributed by atoms with van der Waals surface area (Å²) in [6.07, 6.45) is 2.81. The van der Waals surface area contributed by atoms with Gasteiger partial charge in [-0.05, 0) is 26.7 Å². The molecule has 1 aromatic heterocycles. The zero-order valence-corrected chi connectivity index (χ0v) is 10.4. The second-order valence-electron chi connectivity index (χ2n) is 3.91. The molecule has 0 unspecified atom stereocenters. The topological polar surface area (TPSA) is 55.1 Å². The van der Waals surface area contributed by atoms with Gasteiger partial charge in [-0.1, -0.05) is 18.0 Å². The smallest absolute Gasteiger partial charge is 0.303 e. The Bertz CT molecular complexity index is 374. The maximum atomic E-state index is 10.3. The monoisotopic (exact) mass is 244 g/mol. The first-order valence-corrected chi connectivity index (χ1v) is 5.81. The van der Waals surface area contributed by atoms with Crippen LogP contribution in [0.4, 0.5) is 0 Å². The van der Waals surface area contributed by atoms with Crippen LogP contribution in [-0.4, -0.2) is 20.9 Å². The van der Waals surface area contributed by atoms with Gasteiger partial charge in [-0.3, -0.25) is 9.48 Å². The van der Waals surface area contributed by atoms with Gasteiger partial charge in [-0.25, -0.2) is 0 Å². The Kier molecular flexibility index (Phi) is 4.80. The molecule has 0 saturated carbocycles. The Balaban J connectivity index is 2.32. The van der Waals surface area contributed by atoms with E-state index in [1.807, 2.05) is 18.5 Å². The average Bonchev–Trinajstić information content (AvgIpc) is 2.45. The van der Waals surface area contributed by atoms with E-state index in [0.29, 0.717) is 0 Å². The van der Waals surface area contributed by atoms with Gasteiger partial charge in [0.1, 0.15) is 0 Å². The zero-order chi connectivity index (χ0) is 12.1. The molecule has 5 heteroatoms. The molecule has 1 aromatic rings. The summed E-state index contributed by atoms with van der Waals surface area (Å²) >= 11 is 6.02. The van der Waals surface area contributed by atoms with Crippen molar-refractivity contribution in [3.63, 3.8) is 0 Å². The number of halogens is 1. The number of nitrogens with zero attached hydrogens (tertiary/aromatic N) is 2. The highest BCUT2D eigenvalue weighted by Gasteiger charge is 2.08. The predicted molar refractivity (Wildman–Crippen MR) is 62.8 cm³/mol. The number of aromatic nitrogens is 2. The first kappa shape index (κ1) is 13.0. The first-order valence-electron chi connectivity index (χ1n) is 5.43. The number of unbranched alkanes of at least 4 members (excludes halogenated alkanes) is 2. The Morgan fingerprint density at radius 2 is 2.06 bits per heavy atom. The Labute approximate surface area is 100 Å². The number of hydrogen-bond acceptors (Lipinski definition) is 2. The van der Waals surface area contributed by atoms with Crippen LogP contribution < -0.4 is 0 Å². The molecule has 90 valence electrons. The van der Waals surface area contributed by atoms with Crippen LogP contribution >= 0.6 is 11.6 Å².